The molecule has 0 aliphatic heterocycles. The molecule has 2 heteroatoms. The Morgan fingerprint density at radius 1 is 1.71 bits per heavy atom. The number of halogens is 1. The molecule has 0 aromatic rings. The SMILES string of the molecule is C#CCNCC.Cl. The van der Waals surface area contributed by atoms with Crippen LogP contribution in [-0.2, 0) is 0 Å². The van der Waals surface area contributed by atoms with Gasteiger partial charge in [0.1, 0.15) is 0 Å². The van der Waals surface area contributed by atoms with Crippen LogP contribution in [0.25, 0.3) is 0 Å². The lowest BCUT2D eigenvalue weighted by Gasteiger charge is -1.86. The topological polar surface area (TPSA) is 12.0 Å². The molecular formula is C5H10ClN. The van der Waals surface area contributed by atoms with E-state index in [0.29, 0.717) is 6.54 Å². The molecule has 0 fully saturated rings. The van der Waals surface area contributed by atoms with Crippen LogP contribution in [0.5, 0.6) is 0 Å². The van der Waals surface area contributed by atoms with Gasteiger partial charge in [0.05, 0.1) is 6.54 Å². The molecule has 0 spiro atoms. The van der Waals surface area contributed by atoms with Crippen molar-refractivity contribution in [1.82, 2.24) is 5.32 Å². The van der Waals surface area contributed by atoms with Gasteiger partial charge in [-0.1, -0.05) is 12.8 Å². The summed E-state index contributed by atoms with van der Waals surface area (Å²) in [7, 11) is 0. The standard InChI is InChI=1S/C5H9N.ClH/c1-3-5-6-4-2;/h1,6H,4-5H2,2H3;1H. The van der Waals surface area contributed by atoms with Crippen molar-refractivity contribution in [2.75, 3.05) is 13.1 Å². The van der Waals surface area contributed by atoms with Crippen molar-refractivity contribution in [3.63, 3.8) is 0 Å². The van der Waals surface area contributed by atoms with Crippen molar-refractivity contribution in [3.8, 4) is 12.3 Å². The minimum absolute atomic E-state index is 0. The molecule has 0 aromatic heterocycles. The van der Waals surface area contributed by atoms with Gasteiger partial charge in [-0.2, -0.15) is 0 Å². The lowest BCUT2D eigenvalue weighted by molar-refractivity contribution is 0.811. The summed E-state index contributed by atoms with van der Waals surface area (Å²) < 4.78 is 0. The first-order valence-electron chi connectivity index (χ1n) is 2.06. The van der Waals surface area contributed by atoms with Crippen LogP contribution in [-0.4, -0.2) is 13.1 Å². The zero-order valence-electron chi connectivity index (χ0n) is 4.40. The van der Waals surface area contributed by atoms with Crippen molar-refractivity contribution in [3.05, 3.63) is 0 Å². The van der Waals surface area contributed by atoms with E-state index in [9.17, 15) is 0 Å². The van der Waals surface area contributed by atoms with Crippen LogP contribution < -0.4 is 5.32 Å². The van der Waals surface area contributed by atoms with Crippen LogP contribution in [0.4, 0.5) is 0 Å². The highest BCUT2D eigenvalue weighted by atomic mass is 35.5. The predicted octanol–water partition coefficient (Wildman–Crippen LogP) is 0.651. The van der Waals surface area contributed by atoms with Gasteiger partial charge in [-0.05, 0) is 6.54 Å². The Balaban J connectivity index is 0. The normalized spacial score (nSPS) is 6.29. The Bertz CT molecular complexity index is 55.6. The van der Waals surface area contributed by atoms with Gasteiger partial charge in [-0.3, -0.25) is 0 Å². The van der Waals surface area contributed by atoms with Gasteiger partial charge < -0.3 is 5.32 Å². The lowest BCUT2D eigenvalue weighted by Crippen LogP contribution is -2.11. The van der Waals surface area contributed by atoms with Gasteiger partial charge >= 0.3 is 0 Å². The van der Waals surface area contributed by atoms with E-state index < -0.39 is 0 Å². The summed E-state index contributed by atoms with van der Waals surface area (Å²) in [5.41, 5.74) is 0. The van der Waals surface area contributed by atoms with Crippen molar-refractivity contribution < 1.29 is 0 Å². The van der Waals surface area contributed by atoms with Crippen LogP contribution in [0.2, 0.25) is 0 Å². The summed E-state index contributed by atoms with van der Waals surface area (Å²) >= 11 is 0. The zero-order valence-corrected chi connectivity index (χ0v) is 5.22. The molecule has 42 valence electrons. The number of hydrogen-bond acceptors (Lipinski definition) is 1. The van der Waals surface area contributed by atoms with Crippen molar-refractivity contribution in [1.29, 1.82) is 0 Å². The quantitative estimate of drug-likeness (QED) is 0.416. The van der Waals surface area contributed by atoms with E-state index in [4.69, 9.17) is 6.42 Å². The fourth-order valence-electron chi connectivity index (χ4n) is 0.197. The van der Waals surface area contributed by atoms with Gasteiger partial charge in [0.25, 0.3) is 0 Å². The monoisotopic (exact) mass is 119 g/mol. The number of terminal acetylenes is 1. The molecule has 0 amide bonds. The van der Waals surface area contributed by atoms with Crippen LogP contribution in [0.1, 0.15) is 6.92 Å². The first-order chi connectivity index (χ1) is 2.91. The Morgan fingerprint density at radius 2 is 2.29 bits per heavy atom. The number of hydrogen-bond donors (Lipinski definition) is 1. The van der Waals surface area contributed by atoms with Gasteiger partial charge in [-0.15, -0.1) is 18.8 Å². The van der Waals surface area contributed by atoms with Crippen molar-refractivity contribution >= 4 is 12.4 Å². The van der Waals surface area contributed by atoms with Gasteiger partial charge in [0.15, 0.2) is 0 Å². The third-order valence-corrected chi connectivity index (χ3v) is 0.477. The van der Waals surface area contributed by atoms with E-state index in [1.807, 2.05) is 6.92 Å². The molecule has 0 saturated heterocycles. The fraction of sp³-hybridized carbons (Fsp3) is 0.600. The molecule has 0 bridgehead atoms. The van der Waals surface area contributed by atoms with Crippen LogP contribution in [0.3, 0.4) is 0 Å². The lowest BCUT2D eigenvalue weighted by atomic mass is 10.6. The molecule has 0 atom stereocenters. The van der Waals surface area contributed by atoms with E-state index in [1.165, 1.54) is 0 Å². The maximum atomic E-state index is 4.90. The minimum atomic E-state index is 0. The molecule has 1 N–H and O–H groups in total. The average molecular weight is 120 g/mol. The van der Waals surface area contributed by atoms with E-state index >= 15 is 0 Å². The van der Waals surface area contributed by atoms with E-state index in [0.717, 1.165) is 6.54 Å². The maximum absolute atomic E-state index is 4.90. The predicted molar refractivity (Wildman–Crippen MR) is 34.6 cm³/mol. The third kappa shape index (κ3) is 10.7. The molecule has 7 heavy (non-hydrogen) atoms. The maximum Gasteiger partial charge on any atom is 0.0573 e. The van der Waals surface area contributed by atoms with E-state index in [1.54, 1.807) is 0 Å². The number of nitrogens with one attached hydrogen (secondary N) is 1. The second kappa shape index (κ2) is 9.26. The van der Waals surface area contributed by atoms with Gasteiger partial charge in [0, 0.05) is 0 Å². The van der Waals surface area contributed by atoms with E-state index in [2.05, 4.69) is 11.2 Å². The molecule has 0 heterocycles. The molecule has 0 aliphatic rings. The molecule has 0 aromatic carbocycles. The molecule has 0 rings (SSSR count). The second-order valence-electron chi connectivity index (χ2n) is 0.984. The van der Waals surface area contributed by atoms with Crippen molar-refractivity contribution in [2.45, 2.75) is 6.92 Å². The molecule has 0 aliphatic carbocycles. The van der Waals surface area contributed by atoms with Gasteiger partial charge in [-0.25, -0.2) is 0 Å². The highest BCUT2D eigenvalue weighted by molar-refractivity contribution is 5.85. The van der Waals surface area contributed by atoms with E-state index in [-0.39, 0.29) is 12.4 Å². The first-order valence-corrected chi connectivity index (χ1v) is 2.06. The van der Waals surface area contributed by atoms with Crippen LogP contribution >= 0.6 is 12.4 Å². The zero-order chi connectivity index (χ0) is 4.83. The fourth-order valence-corrected chi connectivity index (χ4v) is 0.197. The largest absolute Gasteiger partial charge is 0.307 e. The molecule has 0 radical (unpaired) electrons. The van der Waals surface area contributed by atoms with Crippen LogP contribution in [0.15, 0.2) is 0 Å². The summed E-state index contributed by atoms with van der Waals surface area (Å²) in [5.74, 6) is 2.46. The Labute approximate surface area is 50.9 Å². The Morgan fingerprint density at radius 3 is 2.43 bits per heavy atom. The summed E-state index contributed by atoms with van der Waals surface area (Å²) in [6.07, 6.45) is 4.90. The summed E-state index contributed by atoms with van der Waals surface area (Å²) in [6, 6.07) is 0. The molecule has 1 nitrogen and oxygen atoms in total. The average Bonchev–Trinajstić information content (AvgIpc) is 1.61. The molecule has 0 saturated carbocycles. The second-order valence-corrected chi connectivity index (χ2v) is 0.984. The third-order valence-electron chi connectivity index (χ3n) is 0.477. The summed E-state index contributed by atoms with van der Waals surface area (Å²) in [5, 5.41) is 2.96. The highest BCUT2D eigenvalue weighted by Crippen LogP contribution is 1.48. The number of rotatable bonds is 2. The van der Waals surface area contributed by atoms with Crippen molar-refractivity contribution in [2.24, 2.45) is 0 Å². The van der Waals surface area contributed by atoms with Crippen LogP contribution in [0, 0.1) is 12.3 Å². The summed E-state index contributed by atoms with van der Waals surface area (Å²) in [4.78, 5) is 0. The highest BCUT2D eigenvalue weighted by Gasteiger charge is 1.66. The Hall–Kier alpha value is -0.190. The molecule has 0 unspecified atom stereocenters. The minimum Gasteiger partial charge on any atom is -0.307 e. The van der Waals surface area contributed by atoms with Gasteiger partial charge in [0.2, 0.25) is 0 Å². The smallest absolute Gasteiger partial charge is 0.0573 e. The first kappa shape index (κ1) is 9.94. The summed E-state index contributed by atoms with van der Waals surface area (Å²) in [6.45, 7) is 3.68. The molecular weight excluding hydrogens is 110 g/mol. The Kier molecular flexibility index (Phi) is 13.1.